The van der Waals surface area contributed by atoms with Gasteiger partial charge >= 0.3 is 128 Å². The number of fused-ring (bicyclic) bond motifs is 1. The Morgan fingerprint density at radius 2 is 1.77 bits per heavy atom. The minimum Gasteiger partial charge on any atom is -0.269 e. The van der Waals surface area contributed by atoms with E-state index in [1.54, 1.807) is 5.56 Å². The first-order valence-electron chi connectivity index (χ1n) is 7.28. The van der Waals surface area contributed by atoms with Crippen LogP contribution in [0.2, 0.25) is 0 Å². The van der Waals surface area contributed by atoms with Crippen LogP contribution in [0.4, 0.5) is 9.41 Å². The minimum atomic E-state index is -2.28. The molecule has 1 aromatic rings. The van der Waals surface area contributed by atoms with E-state index in [9.17, 15) is 0 Å². The van der Waals surface area contributed by atoms with E-state index in [0.29, 0.717) is 9.92 Å². The van der Waals surface area contributed by atoms with E-state index in [2.05, 4.69) is 68.8 Å². The van der Waals surface area contributed by atoms with E-state index >= 15 is 0 Å². The zero-order valence-electron chi connectivity index (χ0n) is 13.1. The largest absolute Gasteiger partial charge is 0.269 e. The van der Waals surface area contributed by atoms with Crippen molar-refractivity contribution in [2.24, 2.45) is 0 Å². The van der Waals surface area contributed by atoms with Crippen molar-refractivity contribution in [2.45, 2.75) is 17.0 Å². The first-order chi connectivity index (χ1) is 9.65. The SMILES string of the molecule is CC1=CC[C]([Hf]2([CH]3C=Cc4ccccc43)[P](C)[P]2C)=C1.F.F. The fraction of sp³-hybridized carbons (Fsp3) is 0.294. The monoisotopic (exact) mass is 506 g/mol. The Hall–Kier alpha value is 0.0301. The molecule has 3 atom stereocenters. The smallest absolute Gasteiger partial charge is 0.269 e. The molecule has 0 bridgehead atoms. The number of allylic oxidation sites excluding steroid dienone is 5. The standard InChI is InChI=1S/C9H7.C6H7.C2H6P2.2FH.Hf/c1-2-5-9-7-3-6-8(9)4-1;1-6-4-2-3-5-6;1-3-4-2;;;/h1-7H;4-5H,2H2,1H3;1-2H3;2*1H;/q;;-2;;;+2. The zero-order chi connectivity index (χ0) is 13.9. The second kappa shape index (κ2) is 6.50. The van der Waals surface area contributed by atoms with Gasteiger partial charge in [0, 0.05) is 0 Å². The predicted octanol–water partition coefficient (Wildman–Crippen LogP) is 6.43. The van der Waals surface area contributed by atoms with Crippen LogP contribution in [0.5, 0.6) is 0 Å². The zero-order valence-corrected chi connectivity index (χ0v) is 18.5. The van der Waals surface area contributed by atoms with Gasteiger partial charge in [0.25, 0.3) is 0 Å². The van der Waals surface area contributed by atoms with Gasteiger partial charge < -0.3 is 0 Å². The number of hydrogen-bond acceptors (Lipinski definition) is 0. The molecule has 4 rings (SSSR count). The van der Waals surface area contributed by atoms with E-state index in [4.69, 9.17) is 0 Å². The number of halogens is 2. The summed E-state index contributed by atoms with van der Waals surface area (Å²) in [5.41, 5.74) is 4.69. The van der Waals surface area contributed by atoms with Crippen molar-refractivity contribution in [2.75, 3.05) is 13.3 Å². The van der Waals surface area contributed by atoms with Crippen LogP contribution in [0.25, 0.3) is 6.08 Å². The van der Waals surface area contributed by atoms with Crippen LogP contribution in [0.1, 0.15) is 28.1 Å². The molecule has 1 aliphatic heterocycles. The molecule has 1 saturated heterocycles. The Morgan fingerprint density at radius 1 is 1.09 bits per heavy atom. The molecule has 22 heavy (non-hydrogen) atoms. The Bertz CT molecular complexity index is 673. The molecule has 0 radical (unpaired) electrons. The van der Waals surface area contributed by atoms with E-state index in [0.717, 1.165) is 3.67 Å². The molecule has 0 amide bonds. The average molecular weight is 505 g/mol. The molecule has 0 N–H and O–H groups in total. The third kappa shape index (κ3) is 2.40. The van der Waals surface area contributed by atoms with Gasteiger partial charge in [0.1, 0.15) is 0 Å². The fourth-order valence-electron chi connectivity index (χ4n) is 4.00. The predicted molar refractivity (Wildman–Crippen MR) is 95.4 cm³/mol. The van der Waals surface area contributed by atoms with Gasteiger partial charge in [-0.15, -0.1) is 0 Å². The van der Waals surface area contributed by atoms with Crippen LogP contribution in [0, 0.1) is 0 Å². The van der Waals surface area contributed by atoms with Gasteiger partial charge in [0.05, 0.1) is 0 Å². The molecular formula is C17H22F2HfP2. The summed E-state index contributed by atoms with van der Waals surface area (Å²) in [5, 5.41) is 0. The van der Waals surface area contributed by atoms with Gasteiger partial charge in [0.2, 0.25) is 0 Å². The Morgan fingerprint density at radius 3 is 2.36 bits per heavy atom. The van der Waals surface area contributed by atoms with Gasteiger partial charge in [-0.1, -0.05) is 0 Å². The molecule has 3 aliphatic rings. The molecule has 0 aromatic heterocycles. The van der Waals surface area contributed by atoms with Crippen LogP contribution >= 0.6 is 9.92 Å². The molecule has 2 aliphatic carbocycles. The summed E-state index contributed by atoms with van der Waals surface area (Å²) >= 11 is -2.28. The van der Waals surface area contributed by atoms with Crippen molar-refractivity contribution in [3.8, 4) is 0 Å². The summed E-state index contributed by atoms with van der Waals surface area (Å²) in [6, 6.07) is 9.14. The summed E-state index contributed by atoms with van der Waals surface area (Å²) in [4.78, 5) is 0.779. The van der Waals surface area contributed by atoms with Crippen molar-refractivity contribution in [3.63, 3.8) is 0 Å². The molecule has 5 heteroatoms. The van der Waals surface area contributed by atoms with Crippen LogP contribution in [0.3, 0.4) is 0 Å². The summed E-state index contributed by atoms with van der Waals surface area (Å²) < 4.78 is 2.81. The maximum atomic E-state index is 2.63. The third-order valence-electron chi connectivity index (χ3n) is 5.15. The topological polar surface area (TPSA) is 0 Å². The summed E-state index contributed by atoms with van der Waals surface area (Å²) in [5.74, 6) is 0. The number of rotatable bonds is 2. The Balaban J connectivity index is 0.000000882. The molecule has 0 spiro atoms. The molecule has 118 valence electrons. The number of hydrogen-bond donors (Lipinski definition) is 0. The molecule has 0 saturated carbocycles. The first kappa shape index (κ1) is 18.4. The van der Waals surface area contributed by atoms with Gasteiger partial charge in [-0.3, -0.25) is 9.41 Å². The molecule has 0 nitrogen and oxygen atoms in total. The first-order valence-corrected chi connectivity index (χ1v) is 25.1. The minimum absolute atomic E-state index is 0. The summed E-state index contributed by atoms with van der Waals surface area (Å²) in [7, 11) is 0. The molecular weight excluding hydrogens is 483 g/mol. The normalized spacial score (nSPS) is 34.2. The second-order valence-corrected chi connectivity index (χ2v) is 58.5. The molecule has 1 aromatic carbocycles. The third-order valence-corrected chi connectivity index (χ3v) is 88.9. The second-order valence-electron chi connectivity index (χ2n) is 6.06. The van der Waals surface area contributed by atoms with Crippen LogP contribution in [0.15, 0.2) is 51.4 Å². The van der Waals surface area contributed by atoms with Crippen LogP contribution in [-0.4, -0.2) is 13.3 Å². The van der Waals surface area contributed by atoms with Crippen molar-refractivity contribution < 1.29 is 28.2 Å². The van der Waals surface area contributed by atoms with E-state index in [1.165, 1.54) is 17.6 Å². The van der Waals surface area contributed by atoms with E-state index in [1.807, 2.05) is 3.33 Å². The van der Waals surface area contributed by atoms with Gasteiger partial charge in [-0.2, -0.15) is 0 Å². The van der Waals surface area contributed by atoms with E-state index < -0.39 is 18.8 Å². The van der Waals surface area contributed by atoms with Gasteiger partial charge in [-0.25, -0.2) is 0 Å². The van der Waals surface area contributed by atoms with Crippen molar-refractivity contribution in [1.29, 1.82) is 0 Å². The van der Waals surface area contributed by atoms with Crippen LogP contribution < -0.4 is 0 Å². The van der Waals surface area contributed by atoms with Crippen LogP contribution in [-0.2, 0) is 18.8 Å². The van der Waals surface area contributed by atoms with Crippen molar-refractivity contribution in [1.82, 2.24) is 0 Å². The van der Waals surface area contributed by atoms with E-state index in [-0.39, 0.29) is 9.41 Å². The Labute approximate surface area is 136 Å². The quantitative estimate of drug-likeness (QED) is 0.322. The molecule has 1 fully saturated rings. The summed E-state index contributed by atoms with van der Waals surface area (Å²) in [6.07, 6.45) is 11.3. The maximum absolute atomic E-state index is 2.63. The average Bonchev–Trinajstić information content (AvgIpc) is 2.86. The fourth-order valence-corrected chi connectivity index (χ4v) is 125. The summed E-state index contributed by atoms with van der Waals surface area (Å²) in [6.45, 7) is 7.54. The van der Waals surface area contributed by atoms with Crippen molar-refractivity contribution in [3.05, 3.63) is 62.5 Å². The Kier molecular flexibility index (Phi) is 5.43. The van der Waals surface area contributed by atoms with Crippen molar-refractivity contribution >= 4 is 16.0 Å². The maximum Gasteiger partial charge on any atom is -0.269 e. The van der Waals surface area contributed by atoms with Gasteiger partial charge in [-0.05, 0) is 0 Å². The molecule has 1 heterocycles. The molecule has 3 unspecified atom stereocenters. The number of benzene rings is 1. The van der Waals surface area contributed by atoms with Gasteiger partial charge in [0.15, 0.2) is 0 Å².